The number of nitrogens with one attached hydrogen (secondary N) is 2. The molecule has 96 valence electrons. The van der Waals surface area contributed by atoms with Crippen molar-refractivity contribution in [1.29, 1.82) is 0 Å². The van der Waals surface area contributed by atoms with Crippen LogP contribution in [0.25, 0.3) is 6.08 Å². The Hall–Kier alpha value is -2.33. The van der Waals surface area contributed by atoms with E-state index in [9.17, 15) is 4.79 Å². The zero-order valence-electron chi connectivity index (χ0n) is 10.0. The van der Waals surface area contributed by atoms with Gasteiger partial charge >= 0.3 is 6.03 Å². The van der Waals surface area contributed by atoms with Gasteiger partial charge in [0.1, 0.15) is 0 Å². The Kier molecular flexibility index (Phi) is 4.53. The van der Waals surface area contributed by atoms with Crippen molar-refractivity contribution in [2.75, 3.05) is 5.32 Å². The van der Waals surface area contributed by atoms with Gasteiger partial charge in [-0.05, 0) is 29.8 Å². The highest BCUT2D eigenvalue weighted by molar-refractivity contribution is 6.32. The second-order valence-electron chi connectivity index (χ2n) is 3.70. The number of pyridine rings is 1. The van der Waals surface area contributed by atoms with Gasteiger partial charge in [0, 0.05) is 17.4 Å². The average Bonchev–Trinajstić information content (AvgIpc) is 2.42. The molecular weight excluding hydrogens is 262 g/mol. The first-order valence-corrected chi connectivity index (χ1v) is 6.02. The lowest BCUT2D eigenvalue weighted by Gasteiger charge is -2.03. The van der Waals surface area contributed by atoms with E-state index in [0.29, 0.717) is 10.7 Å². The first-order chi connectivity index (χ1) is 9.25. The lowest BCUT2D eigenvalue weighted by molar-refractivity contribution is 0.255. The quantitative estimate of drug-likeness (QED) is 0.899. The molecule has 0 saturated carbocycles. The predicted molar refractivity (Wildman–Crippen MR) is 76.9 cm³/mol. The number of carbonyl (C=O) groups excluding carboxylic acids is 1. The van der Waals surface area contributed by atoms with Gasteiger partial charge in [-0.25, -0.2) is 4.79 Å². The van der Waals surface area contributed by atoms with Crippen LogP contribution in [0.3, 0.4) is 0 Å². The van der Waals surface area contributed by atoms with Gasteiger partial charge in [-0.15, -0.1) is 0 Å². The zero-order valence-corrected chi connectivity index (χ0v) is 10.8. The summed E-state index contributed by atoms with van der Waals surface area (Å²) in [5.74, 6) is 0. The highest BCUT2D eigenvalue weighted by Crippen LogP contribution is 2.15. The van der Waals surface area contributed by atoms with E-state index in [4.69, 9.17) is 11.6 Å². The maximum atomic E-state index is 11.6. The Morgan fingerprint density at radius 1 is 1.21 bits per heavy atom. The van der Waals surface area contributed by atoms with Gasteiger partial charge in [-0.3, -0.25) is 4.98 Å². The molecule has 0 atom stereocenters. The normalized spacial score (nSPS) is 10.4. The highest BCUT2D eigenvalue weighted by atomic mass is 35.5. The maximum absolute atomic E-state index is 11.6. The summed E-state index contributed by atoms with van der Waals surface area (Å²) in [7, 11) is 0. The number of nitrogens with zero attached hydrogens (tertiary/aromatic N) is 1. The fourth-order valence-electron chi connectivity index (χ4n) is 1.42. The van der Waals surface area contributed by atoms with E-state index >= 15 is 0 Å². The van der Waals surface area contributed by atoms with Crippen LogP contribution >= 0.6 is 11.6 Å². The summed E-state index contributed by atoms with van der Waals surface area (Å²) in [5.41, 5.74) is 1.47. The number of aromatic nitrogens is 1. The molecule has 2 N–H and O–H groups in total. The van der Waals surface area contributed by atoms with Crippen molar-refractivity contribution in [3.63, 3.8) is 0 Å². The van der Waals surface area contributed by atoms with E-state index < -0.39 is 0 Å². The van der Waals surface area contributed by atoms with Crippen molar-refractivity contribution < 1.29 is 4.79 Å². The molecule has 0 aliphatic carbocycles. The Morgan fingerprint density at radius 3 is 2.79 bits per heavy atom. The van der Waals surface area contributed by atoms with Gasteiger partial charge in [0.15, 0.2) is 0 Å². The van der Waals surface area contributed by atoms with Crippen LogP contribution in [0.1, 0.15) is 5.56 Å². The summed E-state index contributed by atoms with van der Waals surface area (Å²) in [6.07, 6.45) is 6.47. The number of amides is 2. The Balaban J connectivity index is 1.89. The van der Waals surface area contributed by atoms with Crippen molar-refractivity contribution in [3.8, 4) is 0 Å². The third kappa shape index (κ3) is 4.12. The molecule has 0 aliphatic heterocycles. The van der Waals surface area contributed by atoms with Crippen molar-refractivity contribution in [1.82, 2.24) is 10.3 Å². The molecule has 0 fully saturated rings. The summed E-state index contributed by atoms with van der Waals surface area (Å²) < 4.78 is 0. The minimum atomic E-state index is -0.337. The van der Waals surface area contributed by atoms with Crippen LogP contribution in [0.5, 0.6) is 0 Å². The molecule has 2 amide bonds. The Labute approximate surface area is 116 Å². The number of rotatable bonds is 3. The number of hydrogen-bond acceptors (Lipinski definition) is 2. The lowest BCUT2D eigenvalue weighted by atomic mass is 10.2. The molecule has 0 spiro atoms. The molecule has 19 heavy (non-hydrogen) atoms. The second kappa shape index (κ2) is 6.56. The fraction of sp³-hybridized carbons (Fsp3) is 0. The number of urea groups is 1. The average molecular weight is 274 g/mol. The molecule has 1 aromatic carbocycles. The van der Waals surface area contributed by atoms with Crippen molar-refractivity contribution >= 4 is 29.4 Å². The third-order valence-electron chi connectivity index (χ3n) is 2.30. The summed E-state index contributed by atoms with van der Waals surface area (Å²) >= 11 is 5.98. The first-order valence-electron chi connectivity index (χ1n) is 5.64. The first kappa shape index (κ1) is 13.1. The molecule has 5 heteroatoms. The van der Waals surface area contributed by atoms with E-state index in [-0.39, 0.29) is 6.03 Å². The van der Waals surface area contributed by atoms with Gasteiger partial charge in [0.25, 0.3) is 0 Å². The van der Waals surface area contributed by atoms with Crippen LogP contribution in [-0.4, -0.2) is 11.0 Å². The zero-order chi connectivity index (χ0) is 13.5. The molecule has 0 saturated heterocycles. The van der Waals surface area contributed by atoms with Crippen molar-refractivity contribution in [2.24, 2.45) is 0 Å². The van der Waals surface area contributed by atoms with Crippen LogP contribution in [0, 0.1) is 0 Å². The molecule has 2 aromatic rings. The summed E-state index contributed by atoms with van der Waals surface area (Å²) in [6, 6.07) is 10.5. The van der Waals surface area contributed by atoms with Gasteiger partial charge in [-0.2, -0.15) is 0 Å². The van der Waals surface area contributed by atoms with E-state index in [1.807, 2.05) is 18.2 Å². The van der Waals surface area contributed by atoms with E-state index in [1.54, 1.807) is 36.7 Å². The highest BCUT2D eigenvalue weighted by Gasteiger charge is 1.98. The van der Waals surface area contributed by atoms with Crippen LogP contribution in [0.2, 0.25) is 5.02 Å². The Bertz CT molecular complexity index is 584. The molecule has 4 nitrogen and oxygen atoms in total. The standard InChI is InChI=1S/C14H12ClN3O/c15-13-6-2-1-4-11(13)7-9-17-14(19)18-12-5-3-8-16-10-12/h1-10H,(H2,17,18,19)/b9-7+. The van der Waals surface area contributed by atoms with Crippen LogP contribution in [0.15, 0.2) is 55.0 Å². The van der Waals surface area contributed by atoms with Gasteiger partial charge in [0.05, 0.1) is 11.9 Å². The van der Waals surface area contributed by atoms with Crippen LogP contribution in [0.4, 0.5) is 10.5 Å². The van der Waals surface area contributed by atoms with Gasteiger partial charge < -0.3 is 10.6 Å². The molecule has 0 bridgehead atoms. The second-order valence-corrected chi connectivity index (χ2v) is 4.10. The smallest absolute Gasteiger partial charge is 0.314 e. The lowest BCUT2D eigenvalue weighted by Crippen LogP contribution is -2.23. The molecule has 2 rings (SSSR count). The molecule has 0 radical (unpaired) electrons. The molecule has 1 heterocycles. The van der Waals surface area contributed by atoms with Crippen LogP contribution < -0.4 is 10.6 Å². The molecular formula is C14H12ClN3O. The van der Waals surface area contributed by atoms with Crippen LogP contribution in [-0.2, 0) is 0 Å². The van der Waals surface area contributed by atoms with Gasteiger partial charge in [0.2, 0.25) is 0 Å². The van der Waals surface area contributed by atoms with E-state index in [1.165, 1.54) is 6.20 Å². The largest absolute Gasteiger partial charge is 0.323 e. The predicted octanol–water partition coefficient (Wildman–Crippen LogP) is 3.53. The topological polar surface area (TPSA) is 54.0 Å². The van der Waals surface area contributed by atoms with E-state index in [0.717, 1.165) is 5.56 Å². The van der Waals surface area contributed by atoms with E-state index in [2.05, 4.69) is 15.6 Å². The maximum Gasteiger partial charge on any atom is 0.323 e. The fourth-order valence-corrected chi connectivity index (χ4v) is 1.62. The molecule has 0 aliphatic rings. The number of halogens is 1. The minimum absolute atomic E-state index is 0.337. The van der Waals surface area contributed by atoms with Crippen molar-refractivity contribution in [3.05, 3.63) is 65.6 Å². The summed E-state index contributed by atoms with van der Waals surface area (Å²) in [6.45, 7) is 0. The molecule has 1 aromatic heterocycles. The number of benzene rings is 1. The SMILES string of the molecule is O=C(N/C=C/c1ccccc1Cl)Nc1cccnc1. The monoisotopic (exact) mass is 273 g/mol. The number of hydrogen-bond donors (Lipinski definition) is 2. The third-order valence-corrected chi connectivity index (χ3v) is 2.65. The minimum Gasteiger partial charge on any atom is -0.314 e. The number of anilines is 1. The molecule has 0 unspecified atom stereocenters. The number of carbonyl (C=O) groups is 1. The van der Waals surface area contributed by atoms with Gasteiger partial charge in [-0.1, -0.05) is 29.8 Å². The Morgan fingerprint density at radius 2 is 2.05 bits per heavy atom. The summed E-state index contributed by atoms with van der Waals surface area (Å²) in [4.78, 5) is 15.5. The summed E-state index contributed by atoms with van der Waals surface area (Å²) in [5, 5.41) is 5.87. The van der Waals surface area contributed by atoms with Crippen molar-refractivity contribution in [2.45, 2.75) is 0 Å².